The molecule has 0 atom stereocenters. The molecular weight excluding hydrogens is 300 g/mol. The molecule has 4 heteroatoms. The zero-order valence-corrected chi connectivity index (χ0v) is 13.4. The van der Waals surface area contributed by atoms with Gasteiger partial charge in [0.05, 0.1) is 5.71 Å². The molecule has 0 aliphatic carbocycles. The summed E-state index contributed by atoms with van der Waals surface area (Å²) in [4.78, 5) is 11.8. The van der Waals surface area contributed by atoms with Gasteiger partial charge in [0, 0.05) is 0 Å². The molecule has 120 valence electrons. The van der Waals surface area contributed by atoms with Crippen LogP contribution < -0.4 is 10.2 Å². The van der Waals surface area contributed by atoms with Gasteiger partial charge in [-0.3, -0.25) is 4.79 Å². The van der Waals surface area contributed by atoms with Gasteiger partial charge in [-0.25, -0.2) is 5.43 Å². The Morgan fingerprint density at radius 3 is 2.46 bits per heavy atom. The third-order valence-electron chi connectivity index (χ3n) is 3.63. The highest BCUT2D eigenvalue weighted by atomic mass is 16.5. The minimum Gasteiger partial charge on any atom is -0.484 e. The summed E-state index contributed by atoms with van der Waals surface area (Å²) in [5, 5.41) is 6.47. The predicted octanol–water partition coefficient (Wildman–Crippen LogP) is 3.76. The zero-order valence-electron chi connectivity index (χ0n) is 13.4. The van der Waals surface area contributed by atoms with Crippen LogP contribution in [0.5, 0.6) is 5.75 Å². The summed E-state index contributed by atoms with van der Waals surface area (Å²) in [6.07, 6.45) is 0. The lowest BCUT2D eigenvalue weighted by atomic mass is 10.0. The average molecular weight is 318 g/mol. The van der Waals surface area contributed by atoms with Gasteiger partial charge in [0.15, 0.2) is 6.61 Å². The van der Waals surface area contributed by atoms with E-state index < -0.39 is 0 Å². The van der Waals surface area contributed by atoms with Crippen molar-refractivity contribution in [2.45, 2.75) is 6.92 Å². The minimum absolute atomic E-state index is 0.0709. The first-order valence-corrected chi connectivity index (χ1v) is 7.72. The van der Waals surface area contributed by atoms with Gasteiger partial charge in [0.2, 0.25) is 0 Å². The predicted molar refractivity (Wildman–Crippen MR) is 96.2 cm³/mol. The van der Waals surface area contributed by atoms with Crippen LogP contribution >= 0.6 is 0 Å². The number of carbonyl (C=O) groups excluding carboxylic acids is 1. The second-order valence-electron chi connectivity index (χ2n) is 5.40. The topological polar surface area (TPSA) is 50.7 Å². The van der Waals surface area contributed by atoms with E-state index in [9.17, 15) is 4.79 Å². The Bertz CT molecular complexity index is 873. The minimum atomic E-state index is -0.293. The second-order valence-corrected chi connectivity index (χ2v) is 5.40. The first-order chi connectivity index (χ1) is 11.7. The largest absolute Gasteiger partial charge is 0.484 e. The van der Waals surface area contributed by atoms with Gasteiger partial charge < -0.3 is 4.74 Å². The van der Waals surface area contributed by atoms with Crippen molar-refractivity contribution < 1.29 is 9.53 Å². The van der Waals surface area contributed by atoms with Gasteiger partial charge in [-0.2, -0.15) is 5.10 Å². The molecule has 3 aromatic carbocycles. The number of fused-ring (bicyclic) bond motifs is 1. The maximum atomic E-state index is 11.8. The van der Waals surface area contributed by atoms with Crippen molar-refractivity contribution in [1.82, 2.24) is 5.43 Å². The molecule has 0 bridgehead atoms. The molecule has 0 aromatic heterocycles. The van der Waals surface area contributed by atoms with Crippen LogP contribution in [-0.4, -0.2) is 18.2 Å². The van der Waals surface area contributed by atoms with Gasteiger partial charge in [-0.15, -0.1) is 0 Å². The van der Waals surface area contributed by atoms with E-state index in [1.165, 1.54) is 5.39 Å². The Labute approximate surface area is 140 Å². The van der Waals surface area contributed by atoms with E-state index >= 15 is 0 Å². The molecule has 0 heterocycles. The number of rotatable bonds is 5. The number of carbonyl (C=O) groups is 1. The van der Waals surface area contributed by atoms with Crippen molar-refractivity contribution >= 4 is 22.4 Å². The van der Waals surface area contributed by atoms with Crippen LogP contribution in [0, 0.1) is 0 Å². The SMILES string of the molecule is C/C(=N\NC(=O)COc1ccccc1)c1ccc2ccccc2c1. The van der Waals surface area contributed by atoms with Crippen LogP contribution in [0.15, 0.2) is 77.9 Å². The number of hydrazone groups is 1. The van der Waals surface area contributed by atoms with E-state index in [1.54, 1.807) is 12.1 Å². The molecule has 0 saturated heterocycles. The molecule has 24 heavy (non-hydrogen) atoms. The lowest BCUT2D eigenvalue weighted by Crippen LogP contribution is -2.25. The van der Waals surface area contributed by atoms with Crippen molar-refractivity contribution in [3.05, 3.63) is 78.4 Å². The molecule has 0 saturated carbocycles. The number of para-hydroxylation sites is 1. The zero-order chi connectivity index (χ0) is 16.8. The molecule has 1 N–H and O–H groups in total. The molecule has 0 aliphatic rings. The monoisotopic (exact) mass is 318 g/mol. The molecule has 1 amide bonds. The van der Waals surface area contributed by atoms with Crippen molar-refractivity contribution in [2.24, 2.45) is 5.10 Å². The Kier molecular flexibility index (Phi) is 4.87. The number of ether oxygens (including phenoxy) is 1. The van der Waals surface area contributed by atoms with Crippen molar-refractivity contribution in [1.29, 1.82) is 0 Å². The fourth-order valence-electron chi connectivity index (χ4n) is 2.32. The van der Waals surface area contributed by atoms with Gasteiger partial charge in [-0.05, 0) is 41.5 Å². The van der Waals surface area contributed by atoms with Gasteiger partial charge in [-0.1, -0.05) is 54.6 Å². The molecule has 3 rings (SSSR count). The number of nitrogens with one attached hydrogen (secondary N) is 1. The quantitative estimate of drug-likeness (QED) is 0.575. The van der Waals surface area contributed by atoms with E-state index in [0.29, 0.717) is 5.75 Å². The summed E-state index contributed by atoms with van der Waals surface area (Å²) < 4.78 is 5.38. The van der Waals surface area contributed by atoms with Crippen LogP contribution in [0.1, 0.15) is 12.5 Å². The summed E-state index contributed by atoms with van der Waals surface area (Å²) in [5.74, 6) is 0.363. The Morgan fingerprint density at radius 2 is 1.67 bits per heavy atom. The number of benzene rings is 3. The molecule has 3 aromatic rings. The normalized spacial score (nSPS) is 11.3. The third-order valence-corrected chi connectivity index (χ3v) is 3.63. The average Bonchev–Trinajstić information content (AvgIpc) is 2.65. The fraction of sp³-hybridized carbons (Fsp3) is 0.100. The Hall–Kier alpha value is -3.14. The summed E-state index contributed by atoms with van der Waals surface area (Å²) >= 11 is 0. The van der Waals surface area contributed by atoms with Gasteiger partial charge >= 0.3 is 0 Å². The van der Waals surface area contributed by atoms with E-state index in [-0.39, 0.29) is 12.5 Å². The number of nitrogens with zero attached hydrogens (tertiary/aromatic N) is 1. The Balaban J connectivity index is 1.61. The molecule has 0 fully saturated rings. The van der Waals surface area contributed by atoms with Crippen LogP contribution in [0.2, 0.25) is 0 Å². The van der Waals surface area contributed by atoms with E-state index in [2.05, 4.69) is 28.7 Å². The lowest BCUT2D eigenvalue weighted by Gasteiger charge is -2.06. The van der Waals surface area contributed by atoms with Crippen LogP contribution in [0.25, 0.3) is 10.8 Å². The maximum absolute atomic E-state index is 11.8. The Morgan fingerprint density at radius 1 is 0.958 bits per heavy atom. The summed E-state index contributed by atoms with van der Waals surface area (Å²) in [6, 6.07) is 23.4. The van der Waals surface area contributed by atoms with E-state index in [1.807, 2.05) is 49.4 Å². The number of amides is 1. The van der Waals surface area contributed by atoms with Crippen molar-refractivity contribution in [3.63, 3.8) is 0 Å². The first kappa shape index (κ1) is 15.7. The lowest BCUT2D eigenvalue weighted by molar-refractivity contribution is -0.123. The van der Waals surface area contributed by atoms with Gasteiger partial charge in [0.25, 0.3) is 5.91 Å². The van der Waals surface area contributed by atoms with Crippen molar-refractivity contribution in [2.75, 3.05) is 6.61 Å². The van der Waals surface area contributed by atoms with E-state index in [4.69, 9.17) is 4.74 Å². The van der Waals surface area contributed by atoms with Crippen molar-refractivity contribution in [3.8, 4) is 5.75 Å². The molecular formula is C20H18N2O2. The first-order valence-electron chi connectivity index (χ1n) is 7.72. The van der Waals surface area contributed by atoms with Gasteiger partial charge in [0.1, 0.15) is 5.75 Å². The number of hydrogen-bond acceptors (Lipinski definition) is 3. The maximum Gasteiger partial charge on any atom is 0.277 e. The number of hydrogen-bond donors (Lipinski definition) is 1. The second kappa shape index (κ2) is 7.42. The van der Waals surface area contributed by atoms with Crippen LogP contribution in [0.3, 0.4) is 0 Å². The fourth-order valence-corrected chi connectivity index (χ4v) is 2.32. The molecule has 0 radical (unpaired) electrons. The molecule has 0 unspecified atom stereocenters. The standard InChI is InChI=1S/C20H18N2O2/c1-15(17-12-11-16-7-5-6-8-18(16)13-17)21-22-20(23)14-24-19-9-3-2-4-10-19/h2-13H,14H2,1H3,(H,22,23)/b21-15+. The molecule has 4 nitrogen and oxygen atoms in total. The highest BCUT2D eigenvalue weighted by Gasteiger charge is 2.03. The smallest absolute Gasteiger partial charge is 0.277 e. The van der Waals surface area contributed by atoms with E-state index in [0.717, 1.165) is 16.7 Å². The van der Waals surface area contributed by atoms with Crippen LogP contribution in [-0.2, 0) is 4.79 Å². The molecule has 0 aliphatic heterocycles. The summed E-state index contributed by atoms with van der Waals surface area (Å²) in [7, 11) is 0. The summed E-state index contributed by atoms with van der Waals surface area (Å²) in [6.45, 7) is 1.79. The third kappa shape index (κ3) is 3.98. The van der Waals surface area contributed by atoms with Crippen LogP contribution in [0.4, 0.5) is 0 Å². The highest BCUT2D eigenvalue weighted by molar-refractivity contribution is 6.02. The molecule has 0 spiro atoms. The highest BCUT2D eigenvalue weighted by Crippen LogP contribution is 2.16. The summed E-state index contributed by atoms with van der Waals surface area (Å²) in [5.41, 5.74) is 4.24.